The van der Waals surface area contributed by atoms with Crippen molar-refractivity contribution in [1.29, 1.82) is 0 Å². The first-order valence-corrected chi connectivity index (χ1v) is 12.0. The summed E-state index contributed by atoms with van der Waals surface area (Å²) in [6, 6.07) is 24.6. The number of rotatable bonds is 5. The molecule has 5 rings (SSSR count). The molecule has 0 amide bonds. The Bertz CT molecular complexity index is 1520. The summed E-state index contributed by atoms with van der Waals surface area (Å²) in [4.78, 5) is 21.9. The fourth-order valence-corrected chi connectivity index (χ4v) is 5.14. The molecule has 2 aromatic heterocycles. The second kappa shape index (κ2) is 8.75. The number of H-pyrrole nitrogens is 1. The number of hydrogen-bond donors (Lipinski definition) is 1. The molecular weight excluding hydrogens is 426 g/mol. The van der Waals surface area contributed by atoms with Crippen LogP contribution in [0.4, 0.5) is 0 Å². The summed E-state index contributed by atoms with van der Waals surface area (Å²) in [5.74, 6) is 0.738. The molecule has 0 spiro atoms. The lowest BCUT2D eigenvalue weighted by molar-refractivity contribution is 0.817. The first-order valence-electron chi connectivity index (χ1n) is 11.0. The Morgan fingerprint density at radius 2 is 1.70 bits per heavy atom. The number of thioether (sulfide) groups is 1. The Morgan fingerprint density at radius 1 is 0.909 bits per heavy atom. The van der Waals surface area contributed by atoms with Crippen molar-refractivity contribution >= 4 is 22.8 Å². The number of aromatic amines is 1. The molecule has 1 N–H and O–H groups in total. The van der Waals surface area contributed by atoms with Crippen LogP contribution in [0, 0.1) is 20.8 Å². The topological polar surface area (TPSA) is 50.7 Å². The number of benzene rings is 3. The smallest absolute Gasteiger partial charge is 0.283 e. The lowest BCUT2D eigenvalue weighted by atomic mass is 10.1. The first-order chi connectivity index (χ1) is 16.0. The largest absolute Gasteiger partial charge is 0.355 e. The normalized spacial score (nSPS) is 11.2. The van der Waals surface area contributed by atoms with E-state index in [1.807, 2.05) is 67.7 Å². The van der Waals surface area contributed by atoms with Crippen molar-refractivity contribution in [3.05, 3.63) is 112 Å². The van der Waals surface area contributed by atoms with Gasteiger partial charge < -0.3 is 4.98 Å². The molecule has 0 saturated heterocycles. The number of nitrogens with one attached hydrogen (secondary N) is 1. The Kier molecular flexibility index (Phi) is 5.65. The molecule has 0 fully saturated rings. The fourth-order valence-electron chi connectivity index (χ4n) is 4.07. The van der Waals surface area contributed by atoms with Crippen LogP contribution in [0.15, 0.2) is 88.9 Å². The van der Waals surface area contributed by atoms with Crippen LogP contribution in [0.1, 0.15) is 22.3 Å². The number of nitrogens with zero attached hydrogens (tertiary/aromatic N) is 2. The van der Waals surface area contributed by atoms with Gasteiger partial charge in [-0.2, -0.15) is 0 Å². The van der Waals surface area contributed by atoms with Crippen LogP contribution in [0.25, 0.3) is 27.8 Å². The molecule has 33 heavy (non-hydrogen) atoms. The Labute approximate surface area is 197 Å². The second-order valence-corrected chi connectivity index (χ2v) is 9.33. The van der Waals surface area contributed by atoms with Gasteiger partial charge in [0.25, 0.3) is 5.56 Å². The van der Waals surface area contributed by atoms with Crippen LogP contribution in [0.5, 0.6) is 0 Å². The van der Waals surface area contributed by atoms with E-state index in [4.69, 9.17) is 4.98 Å². The zero-order valence-electron chi connectivity index (χ0n) is 18.9. The predicted molar refractivity (Wildman–Crippen MR) is 137 cm³/mol. The molecular formula is C28H25N3OS. The molecule has 0 atom stereocenters. The van der Waals surface area contributed by atoms with E-state index in [1.165, 1.54) is 16.7 Å². The molecule has 0 radical (unpaired) electrons. The zero-order chi connectivity index (χ0) is 22.9. The van der Waals surface area contributed by atoms with Gasteiger partial charge in [-0.3, -0.25) is 9.36 Å². The minimum Gasteiger partial charge on any atom is -0.355 e. The average Bonchev–Trinajstić information content (AvgIpc) is 3.24. The van der Waals surface area contributed by atoms with Gasteiger partial charge in [0.15, 0.2) is 5.16 Å². The van der Waals surface area contributed by atoms with Crippen LogP contribution in [-0.2, 0) is 5.75 Å². The minimum absolute atomic E-state index is 0.0868. The Balaban J connectivity index is 1.69. The quantitative estimate of drug-likeness (QED) is 0.242. The molecule has 0 saturated carbocycles. The third kappa shape index (κ3) is 4.12. The maximum atomic E-state index is 13.7. The Morgan fingerprint density at radius 3 is 2.48 bits per heavy atom. The van der Waals surface area contributed by atoms with Gasteiger partial charge in [-0.05, 0) is 55.2 Å². The molecule has 3 aromatic carbocycles. The second-order valence-electron chi connectivity index (χ2n) is 8.38. The van der Waals surface area contributed by atoms with Crippen molar-refractivity contribution in [3.63, 3.8) is 0 Å². The number of aromatic nitrogens is 3. The number of hydrogen-bond acceptors (Lipinski definition) is 3. The third-order valence-electron chi connectivity index (χ3n) is 5.87. The summed E-state index contributed by atoms with van der Waals surface area (Å²) >= 11 is 1.60. The van der Waals surface area contributed by atoms with Crippen molar-refractivity contribution in [2.75, 3.05) is 0 Å². The maximum Gasteiger partial charge on any atom is 0.283 e. The van der Waals surface area contributed by atoms with Crippen LogP contribution in [0.3, 0.4) is 0 Å². The summed E-state index contributed by atoms with van der Waals surface area (Å²) in [5.41, 5.74) is 8.76. The van der Waals surface area contributed by atoms with Crippen LogP contribution < -0.4 is 5.56 Å². The van der Waals surface area contributed by atoms with Crippen molar-refractivity contribution in [3.8, 4) is 16.8 Å². The molecule has 5 heteroatoms. The lowest BCUT2D eigenvalue weighted by Gasteiger charge is -2.14. The van der Waals surface area contributed by atoms with Crippen molar-refractivity contribution in [1.82, 2.24) is 14.5 Å². The fraction of sp³-hybridized carbons (Fsp3) is 0.143. The third-order valence-corrected chi connectivity index (χ3v) is 6.86. The summed E-state index contributed by atoms with van der Waals surface area (Å²) in [5, 5.41) is 0.691. The molecule has 0 aliphatic rings. The molecule has 4 nitrogen and oxygen atoms in total. The van der Waals surface area contributed by atoms with Gasteiger partial charge in [-0.15, -0.1) is 0 Å². The predicted octanol–water partition coefficient (Wildman–Crippen LogP) is 6.60. The highest BCUT2D eigenvalue weighted by Crippen LogP contribution is 2.30. The highest BCUT2D eigenvalue weighted by molar-refractivity contribution is 7.98. The highest BCUT2D eigenvalue weighted by Gasteiger charge is 2.18. The van der Waals surface area contributed by atoms with Crippen molar-refractivity contribution in [2.45, 2.75) is 31.7 Å². The van der Waals surface area contributed by atoms with E-state index in [2.05, 4.69) is 37.0 Å². The molecule has 5 aromatic rings. The van der Waals surface area contributed by atoms with Crippen LogP contribution >= 0.6 is 11.8 Å². The van der Waals surface area contributed by atoms with Gasteiger partial charge in [0.2, 0.25) is 0 Å². The summed E-state index contributed by atoms with van der Waals surface area (Å²) < 4.78 is 1.73. The molecule has 0 bridgehead atoms. The first kappa shape index (κ1) is 21.3. The van der Waals surface area contributed by atoms with Crippen molar-refractivity contribution in [2.24, 2.45) is 0 Å². The van der Waals surface area contributed by atoms with Gasteiger partial charge in [-0.25, -0.2) is 4.98 Å². The van der Waals surface area contributed by atoms with Gasteiger partial charge in [-0.1, -0.05) is 78.0 Å². The number of fused-ring (bicyclic) bond motifs is 1. The van der Waals surface area contributed by atoms with E-state index in [1.54, 1.807) is 16.3 Å². The van der Waals surface area contributed by atoms with E-state index in [9.17, 15) is 4.79 Å². The summed E-state index contributed by atoms with van der Waals surface area (Å²) in [6.45, 7) is 6.26. The molecule has 0 unspecified atom stereocenters. The van der Waals surface area contributed by atoms with E-state index >= 15 is 0 Å². The summed E-state index contributed by atoms with van der Waals surface area (Å²) in [6.07, 6.45) is 1.88. The van der Waals surface area contributed by atoms with Gasteiger partial charge in [0.05, 0.1) is 5.69 Å². The van der Waals surface area contributed by atoms with E-state index in [0.29, 0.717) is 16.2 Å². The molecule has 0 aliphatic carbocycles. The maximum absolute atomic E-state index is 13.7. The van der Waals surface area contributed by atoms with Gasteiger partial charge in [0.1, 0.15) is 11.0 Å². The van der Waals surface area contributed by atoms with Gasteiger partial charge >= 0.3 is 0 Å². The Hall–Kier alpha value is -3.57. The zero-order valence-corrected chi connectivity index (χ0v) is 19.7. The number of aryl methyl sites for hydroxylation is 3. The van der Waals surface area contributed by atoms with Crippen molar-refractivity contribution < 1.29 is 0 Å². The van der Waals surface area contributed by atoms with E-state index in [-0.39, 0.29) is 5.56 Å². The van der Waals surface area contributed by atoms with E-state index < -0.39 is 0 Å². The molecule has 164 valence electrons. The lowest BCUT2D eigenvalue weighted by Crippen LogP contribution is -2.22. The van der Waals surface area contributed by atoms with Gasteiger partial charge in [0, 0.05) is 17.5 Å². The highest BCUT2D eigenvalue weighted by atomic mass is 32.2. The van der Waals surface area contributed by atoms with Crippen LogP contribution in [0.2, 0.25) is 0 Å². The minimum atomic E-state index is -0.0868. The van der Waals surface area contributed by atoms with Crippen LogP contribution in [-0.4, -0.2) is 14.5 Å². The average molecular weight is 452 g/mol. The SMILES string of the molecule is Cc1cccc(-n2c(SCc3cc(C)ccc3C)nc3c(-c4ccccc4)c[nH]c3c2=O)c1. The molecule has 2 heterocycles. The molecule has 0 aliphatic heterocycles. The monoisotopic (exact) mass is 451 g/mol. The standard InChI is InChI=1S/C28H25N3OS/c1-18-8-7-11-23(15-18)31-27(32)26-25(24(16-29-26)21-9-5-4-6-10-21)30-28(31)33-17-22-14-19(2)12-13-20(22)3/h4-16,29H,17H2,1-3H3. The summed E-state index contributed by atoms with van der Waals surface area (Å²) in [7, 11) is 0. The van der Waals surface area contributed by atoms with E-state index in [0.717, 1.165) is 28.1 Å².